The number of hydrogen-bond donors (Lipinski definition) is 0. The van der Waals surface area contributed by atoms with E-state index in [2.05, 4.69) is 0 Å². The third-order valence-corrected chi connectivity index (χ3v) is 2.19. The molecule has 0 heterocycles. The molecule has 1 rings (SSSR count). The third-order valence-electron chi connectivity index (χ3n) is 2.19. The van der Waals surface area contributed by atoms with Crippen LogP contribution < -0.4 is 0 Å². The summed E-state index contributed by atoms with van der Waals surface area (Å²) in [5.41, 5.74) is 0. The summed E-state index contributed by atoms with van der Waals surface area (Å²) in [6, 6.07) is 0.291. The fourth-order valence-corrected chi connectivity index (χ4v) is 1.55. The second-order valence-corrected chi connectivity index (χ2v) is 2.91. The maximum atomic E-state index is 11.0. The molecule has 0 aromatic heterocycles. The quantitative estimate of drug-likeness (QED) is 0.237. The Kier molecular flexibility index (Phi) is 2.72. The van der Waals surface area contributed by atoms with Crippen molar-refractivity contribution in [3.8, 4) is 0 Å². The number of nitrogens with zero attached hydrogens (tertiary/aromatic N) is 1. The molecule has 0 atom stereocenters. The van der Waals surface area contributed by atoms with Gasteiger partial charge in [0.25, 0.3) is 0 Å². The highest BCUT2D eigenvalue weighted by molar-refractivity contribution is 5.46. The van der Waals surface area contributed by atoms with Crippen LogP contribution in [0.2, 0.25) is 0 Å². The normalized spacial score (nSPS) is 23.1. The molecule has 0 saturated heterocycles. The largest absolute Gasteiger partial charge is 0.624 e. The van der Waals surface area contributed by atoms with Crippen LogP contribution in [0.3, 0.4) is 0 Å². The fraction of sp³-hybridized carbons (Fsp3) is 0.875. The Balaban J connectivity index is 2.39. The van der Waals surface area contributed by atoms with Crippen molar-refractivity contribution in [2.24, 2.45) is 0 Å². The molecule has 1 fully saturated rings. The zero-order valence-electron chi connectivity index (χ0n) is 6.55. The first kappa shape index (κ1) is 7.58. The fourth-order valence-electron chi connectivity index (χ4n) is 1.55. The SMILES string of the molecule is C/C=[N+](\[O-])C1CCCCC1. The first-order valence-electron chi connectivity index (χ1n) is 4.09. The van der Waals surface area contributed by atoms with Crippen molar-refractivity contribution in [2.75, 3.05) is 0 Å². The van der Waals surface area contributed by atoms with Crippen molar-refractivity contribution in [3.05, 3.63) is 5.21 Å². The molecule has 10 heavy (non-hydrogen) atoms. The Bertz CT molecular complexity index is 125. The average molecular weight is 141 g/mol. The van der Waals surface area contributed by atoms with E-state index in [9.17, 15) is 5.21 Å². The van der Waals surface area contributed by atoms with Crippen molar-refractivity contribution >= 4 is 6.21 Å². The van der Waals surface area contributed by atoms with Gasteiger partial charge in [-0.1, -0.05) is 6.42 Å². The molecule has 1 aliphatic carbocycles. The molecule has 0 aliphatic heterocycles. The smallest absolute Gasteiger partial charge is 0.162 e. The predicted molar refractivity (Wildman–Crippen MR) is 42.2 cm³/mol. The van der Waals surface area contributed by atoms with Gasteiger partial charge in [-0.2, -0.15) is 0 Å². The highest BCUT2D eigenvalue weighted by Gasteiger charge is 2.18. The molecule has 1 saturated carbocycles. The topological polar surface area (TPSA) is 26.1 Å². The summed E-state index contributed by atoms with van der Waals surface area (Å²) >= 11 is 0. The van der Waals surface area contributed by atoms with Gasteiger partial charge in [0.15, 0.2) is 6.04 Å². The first-order valence-corrected chi connectivity index (χ1v) is 4.09. The minimum absolute atomic E-state index is 0.291. The summed E-state index contributed by atoms with van der Waals surface area (Å²) in [5.74, 6) is 0. The summed E-state index contributed by atoms with van der Waals surface area (Å²) < 4.78 is 1.11. The van der Waals surface area contributed by atoms with Gasteiger partial charge in [-0.25, -0.2) is 4.74 Å². The van der Waals surface area contributed by atoms with E-state index in [0.29, 0.717) is 6.04 Å². The highest BCUT2D eigenvalue weighted by atomic mass is 16.5. The summed E-state index contributed by atoms with van der Waals surface area (Å²) in [6.07, 6.45) is 7.60. The van der Waals surface area contributed by atoms with E-state index in [-0.39, 0.29) is 0 Å². The van der Waals surface area contributed by atoms with Gasteiger partial charge >= 0.3 is 0 Å². The van der Waals surface area contributed by atoms with E-state index in [1.807, 2.05) is 6.92 Å². The lowest BCUT2D eigenvalue weighted by Gasteiger charge is -2.20. The van der Waals surface area contributed by atoms with Crippen LogP contribution in [0.4, 0.5) is 0 Å². The van der Waals surface area contributed by atoms with Crippen LogP contribution in [0.5, 0.6) is 0 Å². The number of hydrogen-bond acceptors (Lipinski definition) is 1. The zero-order valence-corrected chi connectivity index (χ0v) is 6.55. The second kappa shape index (κ2) is 3.59. The van der Waals surface area contributed by atoms with Crippen LogP contribution in [0.15, 0.2) is 0 Å². The van der Waals surface area contributed by atoms with Gasteiger partial charge in [-0.3, -0.25) is 0 Å². The molecular formula is C8H15NO. The van der Waals surface area contributed by atoms with Gasteiger partial charge in [-0.15, -0.1) is 0 Å². The Morgan fingerprint density at radius 2 is 1.90 bits per heavy atom. The van der Waals surface area contributed by atoms with Crippen molar-refractivity contribution in [1.29, 1.82) is 0 Å². The molecule has 2 nitrogen and oxygen atoms in total. The standard InChI is InChI=1S/C8H15NO/c1-2-9(10)8-6-4-3-5-7-8/h2,8H,3-7H2,1H3/b9-2-. The zero-order chi connectivity index (χ0) is 7.40. The lowest BCUT2D eigenvalue weighted by molar-refractivity contribution is -0.501. The molecular weight excluding hydrogens is 126 g/mol. The van der Waals surface area contributed by atoms with Crippen LogP contribution in [-0.4, -0.2) is 17.0 Å². The average Bonchev–Trinajstić information content (AvgIpc) is 2.05. The Morgan fingerprint density at radius 1 is 1.30 bits per heavy atom. The van der Waals surface area contributed by atoms with Gasteiger partial charge in [-0.05, 0) is 12.8 Å². The summed E-state index contributed by atoms with van der Waals surface area (Å²) in [6.45, 7) is 1.81. The lowest BCUT2D eigenvalue weighted by atomic mass is 9.96. The van der Waals surface area contributed by atoms with E-state index < -0.39 is 0 Å². The number of hydroxylamine groups is 1. The number of rotatable bonds is 1. The minimum Gasteiger partial charge on any atom is -0.624 e. The van der Waals surface area contributed by atoms with Gasteiger partial charge in [0.05, 0.1) is 0 Å². The Labute approximate surface area is 62.1 Å². The van der Waals surface area contributed by atoms with E-state index >= 15 is 0 Å². The van der Waals surface area contributed by atoms with E-state index in [1.165, 1.54) is 19.3 Å². The van der Waals surface area contributed by atoms with Crippen LogP contribution in [0.1, 0.15) is 39.0 Å². The minimum atomic E-state index is 0.291. The van der Waals surface area contributed by atoms with Gasteiger partial charge in [0, 0.05) is 19.8 Å². The van der Waals surface area contributed by atoms with Crippen molar-refractivity contribution in [1.82, 2.24) is 0 Å². The van der Waals surface area contributed by atoms with Crippen LogP contribution in [-0.2, 0) is 0 Å². The Hall–Kier alpha value is -0.530. The van der Waals surface area contributed by atoms with E-state index in [1.54, 1.807) is 6.21 Å². The van der Waals surface area contributed by atoms with Crippen molar-refractivity contribution < 1.29 is 4.74 Å². The van der Waals surface area contributed by atoms with Crippen LogP contribution >= 0.6 is 0 Å². The van der Waals surface area contributed by atoms with Crippen molar-refractivity contribution in [2.45, 2.75) is 45.1 Å². The summed E-state index contributed by atoms with van der Waals surface area (Å²) in [4.78, 5) is 0. The molecule has 0 bridgehead atoms. The predicted octanol–water partition coefficient (Wildman–Crippen LogP) is 1.92. The molecule has 0 aromatic carbocycles. The molecule has 0 aromatic rings. The highest BCUT2D eigenvalue weighted by Crippen LogP contribution is 2.19. The molecule has 2 heteroatoms. The lowest BCUT2D eigenvalue weighted by Crippen LogP contribution is -2.24. The van der Waals surface area contributed by atoms with Crippen LogP contribution in [0.25, 0.3) is 0 Å². The first-order chi connectivity index (χ1) is 4.84. The molecule has 0 spiro atoms. The van der Waals surface area contributed by atoms with Gasteiger partial charge in [0.1, 0.15) is 6.21 Å². The molecule has 0 N–H and O–H groups in total. The molecule has 0 amide bonds. The second-order valence-electron chi connectivity index (χ2n) is 2.91. The summed E-state index contributed by atoms with van der Waals surface area (Å²) in [7, 11) is 0. The molecule has 1 aliphatic rings. The summed E-state index contributed by atoms with van der Waals surface area (Å²) in [5, 5.41) is 11.0. The monoisotopic (exact) mass is 141 g/mol. The van der Waals surface area contributed by atoms with Crippen LogP contribution in [0, 0.1) is 5.21 Å². The van der Waals surface area contributed by atoms with Gasteiger partial charge < -0.3 is 5.21 Å². The van der Waals surface area contributed by atoms with Crippen molar-refractivity contribution in [3.63, 3.8) is 0 Å². The maximum absolute atomic E-state index is 11.0. The Morgan fingerprint density at radius 3 is 2.40 bits per heavy atom. The molecule has 0 unspecified atom stereocenters. The molecule has 58 valence electrons. The van der Waals surface area contributed by atoms with E-state index in [4.69, 9.17) is 0 Å². The third kappa shape index (κ3) is 1.72. The van der Waals surface area contributed by atoms with Gasteiger partial charge in [0.2, 0.25) is 0 Å². The van der Waals surface area contributed by atoms with E-state index in [0.717, 1.165) is 17.6 Å². The maximum Gasteiger partial charge on any atom is 0.162 e. The molecule has 0 radical (unpaired) electrons.